The molecule has 1 unspecified atom stereocenters. The topological polar surface area (TPSA) is 82.7 Å². The molecule has 25 heavy (non-hydrogen) atoms. The minimum absolute atomic E-state index is 0. The maximum atomic E-state index is 10.6. The lowest BCUT2D eigenvalue weighted by Gasteiger charge is -2.23. The normalized spacial score (nSPS) is 14.1. The third-order valence-electron chi connectivity index (χ3n) is 3.56. The van der Waals surface area contributed by atoms with E-state index in [1.807, 2.05) is 30.5 Å². The molecule has 0 radical (unpaired) electrons. The van der Waals surface area contributed by atoms with Gasteiger partial charge >= 0.3 is 0 Å². The highest BCUT2D eigenvalue weighted by Gasteiger charge is 2.24. The van der Waals surface area contributed by atoms with Crippen LogP contribution in [-0.2, 0) is 12.1 Å². The van der Waals surface area contributed by atoms with Gasteiger partial charge < -0.3 is 20.3 Å². The molecule has 0 aliphatic rings. The Hall–Kier alpha value is -1.13. The van der Waals surface area contributed by atoms with Crippen molar-refractivity contribution < 1.29 is 9.63 Å². The number of aliphatic hydroxyl groups is 1. The third-order valence-corrected chi connectivity index (χ3v) is 4.68. The molecule has 0 saturated heterocycles. The molecule has 8 heteroatoms. The number of nitrogens with one attached hydrogen (secondary N) is 2. The summed E-state index contributed by atoms with van der Waals surface area (Å²) in [6, 6.07) is 5.79. The molecule has 0 amide bonds. The van der Waals surface area contributed by atoms with Crippen molar-refractivity contribution in [2.75, 3.05) is 13.1 Å². The molecule has 0 aliphatic heterocycles. The molecule has 2 rings (SSSR count). The smallest absolute Gasteiger partial charge is 0.191 e. The molecule has 1 atom stereocenters. The third kappa shape index (κ3) is 6.59. The summed E-state index contributed by atoms with van der Waals surface area (Å²) in [6.07, 6.45) is 0. The summed E-state index contributed by atoms with van der Waals surface area (Å²) in [4.78, 5) is 5.41. The highest BCUT2D eigenvalue weighted by molar-refractivity contribution is 14.0. The molecule has 140 valence electrons. The van der Waals surface area contributed by atoms with Crippen molar-refractivity contribution in [1.82, 2.24) is 15.8 Å². The molecular weight excluding hydrogens is 451 g/mol. The molecule has 0 bridgehead atoms. The first-order valence-electron chi connectivity index (χ1n) is 8.16. The molecule has 0 aliphatic carbocycles. The second kappa shape index (κ2) is 10.1. The molecule has 2 aromatic heterocycles. The number of hydrogen-bond acceptors (Lipinski definition) is 5. The maximum Gasteiger partial charge on any atom is 0.191 e. The summed E-state index contributed by atoms with van der Waals surface area (Å²) in [6.45, 7) is 9.44. The van der Waals surface area contributed by atoms with Crippen molar-refractivity contribution in [3.63, 3.8) is 0 Å². The highest BCUT2D eigenvalue weighted by atomic mass is 127. The lowest BCUT2D eigenvalue weighted by atomic mass is 10.1. The average Bonchev–Trinajstić information content (AvgIpc) is 3.21. The van der Waals surface area contributed by atoms with E-state index in [2.05, 4.69) is 34.6 Å². The zero-order valence-electron chi connectivity index (χ0n) is 15.1. The first-order valence-corrected chi connectivity index (χ1v) is 9.04. The van der Waals surface area contributed by atoms with Gasteiger partial charge in [-0.1, -0.05) is 25.1 Å². The summed E-state index contributed by atoms with van der Waals surface area (Å²) in [7, 11) is 0. The number of aliphatic imine (C=N–C) groups is 1. The summed E-state index contributed by atoms with van der Waals surface area (Å²) < 4.78 is 5.30. The van der Waals surface area contributed by atoms with Gasteiger partial charge in [-0.3, -0.25) is 0 Å². The molecule has 2 heterocycles. The molecule has 0 spiro atoms. The second-order valence-corrected chi connectivity index (χ2v) is 7.12. The Kier molecular flexibility index (Phi) is 8.87. The molecule has 0 saturated carbocycles. The van der Waals surface area contributed by atoms with Crippen LogP contribution in [0.5, 0.6) is 0 Å². The Bertz CT molecular complexity index is 653. The van der Waals surface area contributed by atoms with Gasteiger partial charge in [0.1, 0.15) is 12.1 Å². The van der Waals surface area contributed by atoms with Crippen LogP contribution in [0.1, 0.15) is 49.9 Å². The van der Waals surface area contributed by atoms with Crippen LogP contribution in [0.2, 0.25) is 0 Å². The molecular formula is C17H27IN4O2S. The number of guanidine groups is 1. The number of nitrogens with zero attached hydrogens (tertiary/aromatic N) is 2. The summed E-state index contributed by atoms with van der Waals surface area (Å²) in [5.74, 6) is 1.69. The molecule has 3 N–H and O–H groups in total. The predicted octanol–water partition coefficient (Wildman–Crippen LogP) is 3.44. The van der Waals surface area contributed by atoms with Crippen molar-refractivity contribution in [2.45, 2.75) is 45.8 Å². The van der Waals surface area contributed by atoms with E-state index in [-0.39, 0.29) is 24.0 Å². The van der Waals surface area contributed by atoms with Crippen LogP contribution in [0.3, 0.4) is 0 Å². The van der Waals surface area contributed by atoms with Crippen LogP contribution in [0, 0.1) is 0 Å². The number of halogens is 1. The number of thiophene rings is 1. The van der Waals surface area contributed by atoms with Crippen molar-refractivity contribution in [1.29, 1.82) is 0 Å². The van der Waals surface area contributed by atoms with Crippen molar-refractivity contribution in [2.24, 2.45) is 4.99 Å². The molecule has 6 nitrogen and oxygen atoms in total. The van der Waals surface area contributed by atoms with Crippen molar-refractivity contribution in [3.8, 4) is 0 Å². The van der Waals surface area contributed by atoms with Gasteiger partial charge in [0, 0.05) is 17.5 Å². The van der Waals surface area contributed by atoms with E-state index >= 15 is 0 Å². The Balaban J connectivity index is 0.00000312. The monoisotopic (exact) mass is 478 g/mol. The van der Waals surface area contributed by atoms with Crippen molar-refractivity contribution >= 4 is 41.3 Å². The van der Waals surface area contributed by atoms with E-state index in [4.69, 9.17) is 4.52 Å². The zero-order valence-corrected chi connectivity index (χ0v) is 18.2. The maximum absolute atomic E-state index is 10.6. The van der Waals surface area contributed by atoms with Crippen LogP contribution in [-0.4, -0.2) is 29.3 Å². The minimum Gasteiger partial charge on any atom is -0.383 e. The second-order valence-electron chi connectivity index (χ2n) is 6.17. The largest absolute Gasteiger partial charge is 0.383 e. The average molecular weight is 478 g/mol. The van der Waals surface area contributed by atoms with E-state index in [0.29, 0.717) is 25.0 Å². The SMILES string of the molecule is CCNC(=NCc1cc(C(C)C)no1)NCC(C)(O)c1cccs1.I. The van der Waals surface area contributed by atoms with E-state index in [1.165, 1.54) is 11.3 Å². The van der Waals surface area contributed by atoms with Gasteiger partial charge in [0.05, 0.1) is 12.2 Å². The van der Waals surface area contributed by atoms with Gasteiger partial charge in [-0.15, -0.1) is 35.3 Å². The first kappa shape index (κ1) is 21.9. The predicted molar refractivity (Wildman–Crippen MR) is 113 cm³/mol. The summed E-state index contributed by atoms with van der Waals surface area (Å²) in [5, 5.41) is 22.9. The fourth-order valence-electron chi connectivity index (χ4n) is 2.10. The Morgan fingerprint density at radius 1 is 1.44 bits per heavy atom. The van der Waals surface area contributed by atoms with E-state index in [1.54, 1.807) is 6.92 Å². The quantitative estimate of drug-likeness (QED) is 0.323. The zero-order chi connectivity index (χ0) is 17.6. The van der Waals surface area contributed by atoms with E-state index < -0.39 is 5.60 Å². The van der Waals surface area contributed by atoms with Crippen molar-refractivity contribution in [3.05, 3.63) is 39.9 Å². The lowest BCUT2D eigenvalue weighted by molar-refractivity contribution is 0.0655. The summed E-state index contributed by atoms with van der Waals surface area (Å²) >= 11 is 1.54. The van der Waals surface area contributed by atoms with Gasteiger partial charge in [-0.05, 0) is 31.2 Å². The Morgan fingerprint density at radius 3 is 2.76 bits per heavy atom. The van der Waals surface area contributed by atoms with Crippen LogP contribution in [0.25, 0.3) is 0 Å². The van der Waals surface area contributed by atoms with Gasteiger partial charge in [0.2, 0.25) is 0 Å². The van der Waals surface area contributed by atoms with Gasteiger partial charge in [-0.2, -0.15) is 0 Å². The molecule has 0 aromatic carbocycles. The van der Waals surface area contributed by atoms with E-state index in [9.17, 15) is 5.11 Å². The van der Waals surface area contributed by atoms with Gasteiger partial charge in [-0.25, -0.2) is 4.99 Å². The lowest BCUT2D eigenvalue weighted by Crippen LogP contribution is -2.44. The number of rotatable bonds is 7. The summed E-state index contributed by atoms with van der Waals surface area (Å²) in [5.41, 5.74) is -0.0136. The van der Waals surface area contributed by atoms with Gasteiger partial charge in [0.25, 0.3) is 0 Å². The Labute approximate surface area is 170 Å². The standard InChI is InChI=1S/C17H26N4O2S.HI/c1-5-18-16(19-10-13-9-14(12(2)3)21-23-13)20-11-17(4,22)15-7-6-8-24-15;/h6-9,12,22H,5,10-11H2,1-4H3,(H2,18,19,20);1H. The Morgan fingerprint density at radius 2 is 2.20 bits per heavy atom. The molecule has 0 fully saturated rings. The fraction of sp³-hybridized carbons (Fsp3) is 0.529. The van der Waals surface area contributed by atoms with Crippen LogP contribution in [0.15, 0.2) is 33.1 Å². The van der Waals surface area contributed by atoms with Crippen LogP contribution in [0.4, 0.5) is 0 Å². The minimum atomic E-state index is -0.943. The molecule has 2 aromatic rings. The van der Waals surface area contributed by atoms with Crippen LogP contribution < -0.4 is 10.6 Å². The number of aromatic nitrogens is 1. The van der Waals surface area contributed by atoms with E-state index in [0.717, 1.165) is 22.9 Å². The first-order chi connectivity index (χ1) is 11.4. The highest BCUT2D eigenvalue weighted by Crippen LogP contribution is 2.24. The number of hydrogen-bond donors (Lipinski definition) is 3. The fourth-order valence-corrected chi connectivity index (χ4v) is 2.89. The van der Waals surface area contributed by atoms with Crippen LogP contribution >= 0.6 is 35.3 Å². The van der Waals surface area contributed by atoms with Gasteiger partial charge in [0.15, 0.2) is 11.7 Å².